The van der Waals surface area contributed by atoms with Crippen molar-refractivity contribution in [3.63, 3.8) is 0 Å². The number of thiophene rings is 1. The summed E-state index contributed by atoms with van der Waals surface area (Å²) in [7, 11) is 1.57. The van der Waals surface area contributed by atoms with Gasteiger partial charge < -0.3 is 19.7 Å². The summed E-state index contributed by atoms with van der Waals surface area (Å²) in [5.41, 5.74) is 4.50. The zero-order valence-electron chi connectivity index (χ0n) is 18.4. The van der Waals surface area contributed by atoms with Gasteiger partial charge in [0.05, 0.1) is 12.6 Å². The Balaban J connectivity index is 0.00000289. The molecule has 7 heteroatoms. The van der Waals surface area contributed by atoms with Crippen LogP contribution in [0, 0.1) is 0 Å². The zero-order chi connectivity index (χ0) is 21.6. The summed E-state index contributed by atoms with van der Waals surface area (Å²) in [6.45, 7) is 4.15. The van der Waals surface area contributed by atoms with Crippen molar-refractivity contribution in [2.45, 2.75) is 25.9 Å². The van der Waals surface area contributed by atoms with E-state index in [9.17, 15) is 4.79 Å². The van der Waals surface area contributed by atoms with Crippen LogP contribution in [0.1, 0.15) is 34.5 Å². The Kier molecular flexibility index (Phi) is 8.56. The van der Waals surface area contributed by atoms with Crippen LogP contribution in [0.2, 0.25) is 0 Å². The fraction of sp³-hybridized carbons (Fsp3) is 0.320. The van der Waals surface area contributed by atoms with Crippen molar-refractivity contribution in [3.8, 4) is 5.75 Å². The van der Waals surface area contributed by atoms with E-state index in [4.69, 9.17) is 9.47 Å². The first-order valence-corrected chi connectivity index (χ1v) is 11.5. The number of benzene rings is 2. The van der Waals surface area contributed by atoms with Crippen LogP contribution in [0.25, 0.3) is 0 Å². The van der Waals surface area contributed by atoms with Crippen LogP contribution >= 0.6 is 23.7 Å². The molecule has 0 saturated heterocycles. The fourth-order valence-electron chi connectivity index (χ4n) is 4.08. The van der Waals surface area contributed by atoms with Crippen LogP contribution in [0.5, 0.6) is 5.75 Å². The van der Waals surface area contributed by atoms with E-state index in [1.807, 2.05) is 30.0 Å². The van der Waals surface area contributed by atoms with Crippen molar-refractivity contribution in [2.75, 3.05) is 32.2 Å². The SMILES string of the molecule is CCOc1ccccc1CNc1ccc(C2c3ccsc3CCN2C(=O)COC)cc1.Cl. The Bertz CT molecular complexity index is 1020. The highest BCUT2D eigenvalue weighted by Crippen LogP contribution is 2.38. The minimum atomic E-state index is -0.0645. The molecule has 5 nitrogen and oxygen atoms in total. The molecule has 32 heavy (non-hydrogen) atoms. The second-order valence-corrected chi connectivity index (χ2v) is 8.49. The molecule has 1 amide bonds. The first kappa shape index (κ1) is 24.1. The third-order valence-corrected chi connectivity index (χ3v) is 6.53. The van der Waals surface area contributed by atoms with Crippen molar-refractivity contribution in [3.05, 3.63) is 81.5 Å². The second-order valence-electron chi connectivity index (χ2n) is 7.49. The van der Waals surface area contributed by atoms with E-state index in [1.165, 1.54) is 10.4 Å². The van der Waals surface area contributed by atoms with Crippen LogP contribution in [0.15, 0.2) is 60.0 Å². The Morgan fingerprint density at radius 2 is 1.94 bits per heavy atom. The van der Waals surface area contributed by atoms with Crippen LogP contribution < -0.4 is 10.1 Å². The Morgan fingerprint density at radius 3 is 2.69 bits per heavy atom. The van der Waals surface area contributed by atoms with E-state index < -0.39 is 0 Å². The standard InChI is InChI=1S/C25H28N2O3S.ClH/c1-3-30-22-7-5-4-6-19(22)16-26-20-10-8-18(9-11-20)25-21-13-15-31-23(21)12-14-27(25)24(28)17-29-2;/h4-11,13,15,25-26H,3,12,14,16-17H2,1-2H3;1H. The van der Waals surface area contributed by atoms with Crippen molar-refractivity contribution in [2.24, 2.45) is 0 Å². The Labute approximate surface area is 199 Å². The maximum atomic E-state index is 12.7. The lowest BCUT2D eigenvalue weighted by Gasteiger charge is -2.36. The van der Waals surface area contributed by atoms with Gasteiger partial charge >= 0.3 is 0 Å². The summed E-state index contributed by atoms with van der Waals surface area (Å²) < 4.78 is 10.8. The molecule has 0 bridgehead atoms. The van der Waals surface area contributed by atoms with Gasteiger partial charge in [-0.2, -0.15) is 0 Å². The predicted molar refractivity (Wildman–Crippen MR) is 132 cm³/mol. The molecular weight excluding hydrogens is 444 g/mol. The molecular formula is C25H29ClN2O3S. The molecule has 170 valence electrons. The molecule has 0 spiro atoms. The van der Waals surface area contributed by atoms with E-state index in [0.717, 1.165) is 29.0 Å². The molecule has 0 saturated carbocycles. The molecule has 1 atom stereocenters. The van der Waals surface area contributed by atoms with Crippen LogP contribution in [0.3, 0.4) is 0 Å². The number of nitrogens with one attached hydrogen (secondary N) is 1. The van der Waals surface area contributed by atoms with E-state index in [0.29, 0.717) is 19.7 Å². The molecule has 1 N–H and O–H groups in total. The smallest absolute Gasteiger partial charge is 0.249 e. The van der Waals surface area contributed by atoms with Crippen molar-refractivity contribution in [1.82, 2.24) is 4.90 Å². The molecule has 2 aromatic carbocycles. The second kappa shape index (κ2) is 11.4. The molecule has 1 aromatic heterocycles. The predicted octanol–water partition coefficient (Wildman–Crippen LogP) is 5.30. The lowest BCUT2D eigenvalue weighted by molar-refractivity contribution is -0.137. The molecule has 1 aliphatic rings. The number of carbonyl (C=O) groups excluding carboxylic acids is 1. The number of fused-ring (bicyclic) bond motifs is 1. The average molecular weight is 473 g/mol. The van der Waals surface area contributed by atoms with Gasteiger partial charge in [0, 0.05) is 36.3 Å². The maximum absolute atomic E-state index is 12.7. The van der Waals surface area contributed by atoms with Gasteiger partial charge in [-0.05, 0) is 54.1 Å². The quantitative estimate of drug-likeness (QED) is 0.483. The van der Waals surface area contributed by atoms with Crippen LogP contribution in [-0.2, 0) is 22.5 Å². The summed E-state index contributed by atoms with van der Waals surface area (Å²) in [5.74, 6) is 0.938. The van der Waals surface area contributed by atoms with Gasteiger partial charge in [0.2, 0.25) is 5.91 Å². The molecule has 1 unspecified atom stereocenters. The molecule has 2 heterocycles. The Hall–Kier alpha value is -2.54. The normalized spacial score (nSPS) is 14.9. The molecule has 3 aromatic rings. The summed E-state index contributed by atoms with van der Waals surface area (Å²) in [4.78, 5) is 16.0. The number of hydrogen-bond acceptors (Lipinski definition) is 5. The van der Waals surface area contributed by atoms with Gasteiger partial charge in [-0.1, -0.05) is 30.3 Å². The molecule has 0 fully saturated rings. The summed E-state index contributed by atoms with van der Waals surface area (Å²) in [6.07, 6.45) is 0.901. The highest BCUT2D eigenvalue weighted by atomic mass is 35.5. The topological polar surface area (TPSA) is 50.8 Å². The van der Waals surface area contributed by atoms with Crippen molar-refractivity contribution >= 4 is 35.3 Å². The highest BCUT2D eigenvalue weighted by molar-refractivity contribution is 7.10. The summed E-state index contributed by atoms with van der Waals surface area (Å²) in [6, 6.07) is 18.6. The number of ether oxygens (including phenoxy) is 2. The van der Waals surface area contributed by atoms with E-state index in [1.54, 1.807) is 18.4 Å². The van der Waals surface area contributed by atoms with E-state index in [2.05, 4.69) is 47.1 Å². The number of nitrogens with zero attached hydrogens (tertiary/aromatic N) is 1. The number of halogens is 1. The first-order valence-electron chi connectivity index (χ1n) is 10.6. The fourth-order valence-corrected chi connectivity index (χ4v) is 4.98. The molecule has 0 aliphatic carbocycles. The summed E-state index contributed by atoms with van der Waals surface area (Å²) in [5, 5.41) is 5.60. The third-order valence-electron chi connectivity index (χ3n) is 5.54. The number of anilines is 1. The maximum Gasteiger partial charge on any atom is 0.249 e. The van der Waals surface area contributed by atoms with Crippen molar-refractivity contribution < 1.29 is 14.3 Å². The number of hydrogen-bond donors (Lipinski definition) is 1. The minimum absolute atomic E-state index is 0. The minimum Gasteiger partial charge on any atom is -0.494 e. The van der Waals surface area contributed by atoms with E-state index in [-0.39, 0.29) is 31.0 Å². The zero-order valence-corrected chi connectivity index (χ0v) is 20.0. The molecule has 0 radical (unpaired) electrons. The van der Waals surface area contributed by atoms with Crippen molar-refractivity contribution in [1.29, 1.82) is 0 Å². The van der Waals surface area contributed by atoms with Crippen LogP contribution in [0.4, 0.5) is 5.69 Å². The van der Waals surface area contributed by atoms with Gasteiger partial charge in [0.1, 0.15) is 12.4 Å². The van der Waals surface area contributed by atoms with E-state index >= 15 is 0 Å². The van der Waals surface area contributed by atoms with Gasteiger partial charge in [0.15, 0.2) is 0 Å². The first-order chi connectivity index (χ1) is 15.2. The third kappa shape index (κ3) is 5.26. The van der Waals surface area contributed by atoms with Gasteiger partial charge in [-0.25, -0.2) is 0 Å². The Morgan fingerprint density at radius 1 is 1.16 bits per heavy atom. The number of methoxy groups -OCH3 is 1. The number of para-hydroxylation sites is 1. The number of carbonyl (C=O) groups is 1. The average Bonchev–Trinajstić information content (AvgIpc) is 3.27. The van der Waals surface area contributed by atoms with Gasteiger partial charge in [-0.15, -0.1) is 23.7 Å². The molecule has 4 rings (SSSR count). The summed E-state index contributed by atoms with van der Waals surface area (Å²) >= 11 is 1.77. The largest absolute Gasteiger partial charge is 0.494 e. The molecule has 1 aliphatic heterocycles. The highest BCUT2D eigenvalue weighted by Gasteiger charge is 2.32. The van der Waals surface area contributed by atoms with Gasteiger partial charge in [-0.3, -0.25) is 4.79 Å². The van der Waals surface area contributed by atoms with Gasteiger partial charge in [0.25, 0.3) is 0 Å². The lowest BCUT2D eigenvalue weighted by Crippen LogP contribution is -2.41. The van der Waals surface area contributed by atoms with Crippen LogP contribution in [-0.4, -0.2) is 37.7 Å². The lowest BCUT2D eigenvalue weighted by atomic mass is 9.93. The number of rotatable bonds is 8. The number of amides is 1. The monoisotopic (exact) mass is 472 g/mol.